The Hall–Kier alpha value is -3.54. The van der Waals surface area contributed by atoms with Crippen LogP contribution in [0, 0.1) is 0 Å². The van der Waals surface area contributed by atoms with Crippen LogP contribution < -0.4 is 14.8 Å². The third-order valence-electron chi connectivity index (χ3n) is 5.03. The summed E-state index contributed by atoms with van der Waals surface area (Å²) in [4.78, 5) is 24.6. The highest BCUT2D eigenvalue weighted by atomic mass is 16.6. The van der Waals surface area contributed by atoms with E-state index in [-0.39, 0.29) is 18.6 Å². The van der Waals surface area contributed by atoms with Crippen molar-refractivity contribution >= 4 is 22.6 Å². The number of fused-ring (bicyclic) bond motifs is 2. The third-order valence-corrected chi connectivity index (χ3v) is 5.03. The van der Waals surface area contributed by atoms with Crippen molar-refractivity contribution in [2.45, 2.75) is 25.5 Å². The molecule has 0 aliphatic carbocycles. The minimum absolute atomic E-state index is 0.169. The van der Waals surface area contributed by atoms with Crippen molar-refractivity contribution in [3.8, 4) is 11.5 Å². The van der Waals surface area contributed by atoms with Crippen LogP contribution in [0.25, 0.3) is 10.8 Å². The van der Waals surface area contributed by atoms with E-state index in [2.05, 4.69) is 5.32 Å². The highest BCUT2D eigenvalue weighted by Crippen LogP contribution is 2.31. The Balaban J connectivity index is 1.29. The summed E-state index contributed by atoms with van der Waals surface area (Å²) in [5.41, 5.74) is 0.926. The summed E-state index contributed by atoms with van der Waals surface area (Å²) in [5, 5.41) is 5.05. The highest BCUT2D eigenvalue weighted by Gasteiger charge is 2.26. The number of amides is 1. The van der Waals surface area contributed by atoms with Gasteiger partial charge in [-0.3, -0.25) is 4.79 Å². The number of rotatable bonds is 6. The van der Waals surface area contributed by atoms with Crippen LogP contribution in [-0.4, -0.2) is 31.2 Å². The number of carbonyl (C=O) groups excluding carboxylic acids is 2. The summed E-state index contributed by atoms with van der Waals surface area (Å²) in [7, 11) is 0. The number of benzene rings is 3. The maximum atomic E-state index is 12.5. The molecule has 1 heterocycles. The zero-order valence-corrected chi connectivity index (χ0v) is 16.7. The molecule has 3 aromatic carbocycles. The zero-order valence-electron chi connectivity index (χ0n) is 16.7. The summed E-state index contributed by atoms with van der Waals surface area (Å²) < 4.78 is 16.4. The second kappa shape index (κ2) is 8.86. The normalized spacial score (nSPS) is 16.1. The Morgan fingerprint density at radius 1 is 1.07 bits per heavy atom. The lowest BCUT2D eigenvalue weighted by Crippen LogP contribution is -2.40. The van der Waals surface area contributed by atoms with Crippen LogP contribution in [0.5, 0.6) is 11.5 Å². The van der Waals surface area contributed by atoms with E-state index >= 15 is 0 Å². The monoisotopic (exact) mass is 405 g/mol. The van der Waals surface area contributed by atoms with Crippen LogP contribution in [0.3, 0.4) is 0 Å². The van der Waals surface area contributed by atoms with Gasteiger partial charge in [-0.1, -0.05) is 48.5 Å². The van der Waals surface area contributed by atoms with E-state index in [1.807, 2.05) is 60.7 Å². The SMILES string of the molecule is CC(OC(=O)COc1ccc2ccccc2c1)C(=O)NC1CCOc2ccccc21. The van der Waals surface area contributed by atoms with Crippen molar-refractivity contribution in [3.05, 3.63) is 72.3 Å². The van der Waals surface area contributed by atoms with E-state index in [0.29, 0.717) is 18.8 Å². The van der Waals surface area contributed by atoms with Crippen molar-refractivity contribution in [3.63, 3.8) is 0 Å². The summed E-state index contributed by atoms with van der Waals surface area (Å²) in [5.74, 6) is 0.387. The molecule has 6 nitrogen and oxygen atoms in total. The Kier molecular flexibility index (Phi) is 5.84. The molecule has 154 valence electrons. The van der Waals surface area contributed by atoms with E-state index in [9.17, 15) is 9.59 Å². The molecule has 2 unspecified atom stereocenters. The fraction of sp³-hybridized carbons (Fsp3) is 0.250. The van der Waals surface area contributed by atoms with Crippen LogP contribution in [0.4, 0.5) is 0 Å². The van der Waals surface area contributed by atoms with Gasteiger partial charge in [0.2, 0.25) is 0 Å². The van der Waals surface area contributed by atoms with Gasteiger partial charge in [0.15, 0.2) is 12.7 Å². The Bertz CT molecular complexity index is 1060. The van der Waals surface area contributed by atoms with Crippen LogP contribution in [0.2, 0.25) is 0 Å². The first-order valence-corrected chi connectivity index (χ1v) is 9.93. The van der Waals surface area contributed by atoms with Crippen molar-refractivity contribution in [2.24, 2.45) is 0 Å². The van der Waals surface area contributed by atoms with Gasteiger partial charge >= 0.3 is 5.97 Å². The molecule has 4 rings (SSSR count). The second-order valence-electron chi connectivity index (χ2n) is 7.17. The first-order chi connectivity index (χ1) is 14.6. The highest BCUT2D eigenvalue weighted by molar-refractivity contribution is 5.85. The first-order valence-electron chi connectivity index (χ1n) is 9.93. The summed E-state index contributed by atoms with van der Waals surface area (Å²) in [6.45, 7) is 1.81. The molecule has 0 fully saturated rings. The number of ether oxygens (including phenoxy) is 3. The molecule has 0 aromatic heterocycles. The lowest BCUT2D eigenvalue weighted by molar-refractivity contribution is -0.156. The maximum Gasteiger partial charge on any atom is 0.344 e. The molecule has 2 atom stereocenters. The molecule has 0 bridgehead atoms. The first kappa shape index (κ1) is 19.8. The smallest absolute Gasteiger partial charge is 0.344 e. The van der Waals surface area contributed by atoms with Crippen molar-refractivity contribution < 1.29 is 23.8 Å². The summed E-state index contributed by atoms with van der Waals surface area (Å²) in [6.07, 6.45) is -0.262. The van der Waals surface area contributed by atoms with Gasteiger partial charge in [0.05, 0.1) is 12.6 Å². The minimum atomic E-state index is -0.923. The van der Waals surface area contributed by atoms with Gasteiger partial charge in [-0.25, -0.2) is 4.79 Å². The molecule has 1 aliphatic rings. The molecule has 30 heavy (non-hydrogen) atoms. The average Bonchev–Trinajstić information content (AvgIpc) is 2.77. The minimum Gasteiger partial charge on any atom is -0.493 e. The van der Waals surface area contributed by atoms with Gasteiger partial charge in [-0.2, -0.15) is 0 Å². The van der Waals surface area contributed by atoms with Gasteiger partial charge < -0.3 is 19.5 Å². The van der Waals surface area contributed by atoms with Crippen LogP contribution in [0.1, 0.15) is 24.9 Å². The number of esters is 1. The van der Waals surface area contributed by atoms with E-state index in [0.717, 1.165) is 22.1 Å². The van der Waals surface area contributed by atoms with Crippen LogP contribution in [-0.2, 0) is 14.3 Å². The molecular weight excluding hydrogens is 382 g/mol. The van der Waals surface area contributed by atoms with Crippen molar-refractivity contribution in [1.82, 2.24) is 5.32 Å². The standard InChI is InChI=1S/C24H23NO5/c1-16(24(27)25-21-12-13-28-22-9-5-4-8-20(21)22)30-23(26)15-29-19-11-10-17-6-2-3-7-18(17)14-19/h2-11,14,16,21H,12-13,15H2,1H3,(H,25,27). The second-order valence-corrected chi connectivity index (χ2v) is 7.17. The molecule has 0 radical (unpaired) electrons. The Morgan fingerprint density at radius 3 is 2.70 bits per heavy atom. The van der Waals surface area contributed by atoms with E-state index in [1.54, 1.807) is 13.0 Å². The predicted molar refractivity (Wildman–Crippen MR) is 112 cm³/mol. The summed E-state index contributed by atoms with van der Waals surface area (Å²) in [6, 6.07) is 20.9. The number of hydrogen-bond donors (Lipinski definition) is 1. The Labute approximate surface area is 174 Å². The number of nitrogens with one attached hydrogen (secondary N) is 1. The molecule has 0 saturated carbocycles. The lowest BCUT2D eigenvalue weighted by atomic mass is 10.0. The molecule has 0 spiro atoms. The van der Waals surface area contributed by atoms with E-state index < -0.39 is 12.1 Å². The maximum absolute atomic E-state index is 12.5. The molecule has 1 amide bonds. The number of para-hydroxylation sites is 1. The van der Waals surface area contributed by atoms with Gasteiger partial charge in [0.1, 0.15) is 11.5 Å². The Morgan fingerprint density at radius 2 is 1.83 bits per heavy atom. The molecule has 1 N–H and O–H groups in total. The van der Waals surface area contributed by atoms with Crippen LogP contribution >= 0.6 is 0 Å². The molecule has 1 aliphatic heterocycles. The number of hydrogen-bond acceptors (Lipinski definition) is 5. The number of carbonyl (C=O) groups is 2. The predicted octanol–water partition coefficient (Wildman–Crippen LogP) is 3.79. The quantitative estimate of drug-likeness (QED) is 0.632. The van der Waals surface area contributed by atoms with Gasteiger partial charge in [0, 0.05) is 12.0 Å². The topological polar surface area (TPSA) is 73.9 Å². The van der Waals surface area contributed by atoms with E-state index in [1.165, 1.54) is 0 Å². The van der Waals surface area contributed by atoms with Gasteiger partial charge in [-0.15, -0.1) is 0 Å². The van der Waals surface area contributed by atoms with Crippen LogP contribution in [0.15, 0.2) is 66.7 Å². The van der Waals surface area contributed by atoms with Crippen molar-refractivity contribution in [2.75, 3.05) is 13.2 Å². The molecule has 3 aromatic rings. The van der Waals surface area contributed by atoms with E-state index in [4.69, 9.17) is 14.2 Å². The lowest BCUT2D eigenvalue weighted by Gasteiger charge is -2.27. The van der Waals surface area contributed by atoms with Gasteiger partial charge in [0.25, 0.3) is 5.91 Å². The fourth-order valence-electron chi connectivity index (χ4n) is 3.47. The average molecular weight is 405 g/mol. The van der Waals surface area contributed by atoms with Crippen molar-refractivity contribution in [1.29, 1.82) is 0 Å². The molecule has 6 heteroatoms. The fourth-order valence-corrected chi connectivity index (χ4v) is 3.47. The zero-order chi connectivity index (χ0) is 20.9. The van der Waals surface area contributed by atoms with Gasteiger partial charge in [-0.05, 0) is 35.9 Å². The largest absolute Gasteiger partial charge is 0.493 e. The third kappa shape index (κ3) is 4.54. The molecule has 0 saturated heterocycles. The molecular formula is C24H23NO5. The summed E-state index contributed by atoms with van der Waals surface area (Å²) >= 11 is 0.